The first-order valence-corrected chi connectivity index (χ1v) is 7.23. The van der Waals surface area contributed by atoms with Crippen molar-refractivity contribution in [2.75, 3.05) is 6.54 Å². The topological polar surface area (TPSA) is 23.5 Å². The zero-order valence-corrected chi connectivity index (χ0v) is 11.7. The zero-order chi connectivity index (χ0) is 13.0. The summed E-state index contributed by atoms with van der Waals surface area (Å²) in [5, 5.41) is 9.96. The third-order valence-electron chi connectivity index (χ3n) is 3.98. The smallest absolute Gasteiger partial charge is 0.120 e. The monoisotopic (exact) mass is 247 g/mol. The Morgan fingerprint density at radius 2 is 2.17 bits per heavy atom. The van der Waals surface area contributed by atoms with Gasteiger partial charge in [0, 0.05) is 18.2 Å². The zero-order valence-electron chi connectivity index (χ0n) is 11.7. The van der Waals surface area contributed by atoms with Crippen LogP contribution in [0.1, 0.15) is 50.2 Å². The first kappa shape index (κ1) is 13.4. The molecule has 2 nitrogen and oxygen atoms in total. The Bertz CT molecular complexity index is 387. The number of likely N-dealkylation sites (tertiary alicyclic amines) is 1. The summed E-state index contributed by atoms with van der Waals surface area (Å²) < 4.78 is 0. The first-order chi connectivity index (χ1) is 8.70. The van der Waals surface area contributed by atoms with E-state index < -0.39 is 0 Å². The van der Waals surface area contributed by atoms with Crippen LogP contribution >= 0.6 is 0 Å². The summed E-state index contributed by atoms with van der Waals surface area (Å²) in [5.74, 6) is 0.446. The van der Waals surface area contributed by atoms with Crippen molar-refractivity contribution in [2.24, 2.45) is 0 Å². The lowest BCUT2D eigenvalue weighted by atomic mass is 9.97. The molecule has 1 unspecified atom stereocenters. The number of aryl methyl sites for hydroxylation is 1. The molecule has 2 rings (SSSR count). The molecule has 2 heteroatoms. The van der Waals surface area contributed by atoms with E-state index in [0.29, 0.717) is 11.8 Å². The van der Waals surface area contributed by atoms with E-state index in [1.165, 1.54) is 44.2 Å². The highest BCUT2D eigenvalue weighted by Crippen LogP contribution is 2.26. The van der Waals surface area contributed by atoms with E-state index in [0.717, 1.165) is 12.1 Å². The van der Waals surface area contributed by atoms with Gasteiger partial charge in [-0.3, -0.25) is 4.90 Å². The van der Waals surface area contributed by atoms with Crippen LogP contribution in [0.2, 0.25) is 0 Å². The SMILES string of the molecule is CCCC1CCCCN1Cc1cc(C)ccc1O. The Balaban J connectivity index is 2.08. The molecule has 18 heavy (non-hydrogen) atoms. The number of benzene rings is 1. The Hall–Kier alpha value is -1.02. The maximum Gasteiger partial charge on any atom is 0.120 e. The fraction of sp³-hybridized carbons (Fsp3) is 0.625. The van der Waals surface area contributed by atoms with Gasteiger partial charge in [0.05, 0.1) is 0 Å². The quantitative estimate of drug-likeness (QED) is 0.873. The molecule has 1 atom stereocenters. The number of piperidine rings is 1. The molecule has 0 bridgehead atoms. The number of aromatic hydroxyl groups is 1. The summed E-state index contributed by atoms with van der Waals surface area (Å²) in [6, 6.07) is 6.62. The third kappa shape index (κ3) is 3.26. The van der Waals surface area contributed by atoms with Gasteiger partial charge in [-0.15, -0.1) is 0 Å². The maximum absolute atomic E-state index is 9.96. The maximum atomic E-state index is 9.96. The molecule has 1 aromatic rings. The van der Waals surface area contributed by atoms with E-state index in [-0.39, 0.29) is 0 Å². The third-order valence-corrected chi connectivity index (χ3v) is 3.98. The van der Waals surface area contributed by atoms with Gasteiger partial charge >= 0.3 is 0 Å². The van der Waals surface area contributed by atoms with Crippen LogP contribution in [-0.4, -0.2) is 22.6 Å². The highest BCUT2D eigenvalue weighted by molar-refractivity contribution is 5.35. The predicted octanol–water partition coefficient (Wildman–Crippen LogP) is 3.86. The van der Waals surface area contributed by atoms with Crippen molar-refractivity contribution >= 4 is 0 Å². The van der Waals surface area contributed by atoms with E-state index in [1.54, 1.807) is 0 Å². The van der Waals surface area contributed by atoms with Crippen LogP contribution in [0.25, 0.3) is 0 Å². The van der Waals surface area contributed by atoms with Crippen molar-refractivity contribution < 1.29 is 5.11 Å². The van der Waals surface area contributed by atoms with E-state index in [4.69, 9.17) is 0 Å². The Kier molecular flexibility index (Phi) is 4.65. The fourth-order valence-electron chi connectivity index (χ4n) is 2.99. The molecule has 0 saturated carbocycles. The molecule has 1 saturated heterocycles. The lowest BCUT2D eigenvalue weighted by molar-refractivity contribution is 0.130. The first-order valence-electron chi connectivity index (χ1n) is 7.23. The minimum absolute atomic E-state index is 0.446. The minimum Gasteiger partial charge on any atom is -0.508 e. The van der Waals surface area contributed by atoms with Crippen molar-refractivity contribution in [3.63, 3.8) is 0 Å². The van der Waals surface area contributed by atoms with Gasteiger partial charge in [0.25, 0.3) is 0 Å². The second-order valence-corrected chi connectivity index (χ2v) is 5.54. The number of rotatable bonds is 4. The molecule has 0 radical (unpaired) electrons. The molecule has 1 N–H and O–H groups in total. The predicted molar refractivity (Wildman–Crippen MR) is 75.8 cm³/mol. The summed E-state index contributed by atoms with van der Waals surface area (Å²) in [6.07, 6.45) is 6.52. The summed E-state index contributed by atoms with van der Waals surface area (Å²) in [5.41, 5.74) is 2.31. The largest absolute Gasteiger partial charge is 0.508 e. The van der Waals surface area contributed by atoms with Gasteiger partial charge in [0.2, 0.25) is 0 Å². The highest BCUT2D eigenvalue weighted by atomic mass is 16.3. The summed E-state index contributed by atoms with van der Waals surface area (Å²) in [7, 11) is 0. The summed E-state index contributed by atoms with van der Waals surface area (Å²) in [6.45, 7) is 6.43. The van der Waals surface area contributed by atoms with Gasteiger partial charge in [-0.25, -0.2) is 0 Å². The van der Waals surface area contributed by atoms with Crippen LogP contribution in [0, 0.1) is 6.92 Å². The second kappa shape index (κ2) is 6.24. The lowest BCUT2D eigenvalue weighted by Gasteiger charge is -2.36. The Morgan fingerprint density at radius 3 is 2.94 bits per heavy atom. The Morgan fingerprint density at radius 1 is 1.33 bits per heavy atom. The molecule has 0 amide bonds. The standard InChI is InChI=1S/C16H25NO/c1-3-6-15-7-4-5-10-17(15)12-14-11-13(2)8-9-16(14)18/h8-9,11,15,18H,3-7,10,12H2,1-2H3. The molecule has 100 valence electrons. The van der Waals surface area contributed by atoms with E-state index in [2.05, 4.69) is 24.8 Å². The van der Waals surface area contributed by atoms with Crippen LogP contribution in [0.15, 0.2) is 18.2 Å². The van der Waals surface area contributed by atoms with Crippen LogP contribution in [-0.2, 0) is 6.54 Å². The molecule has 1 aliphatic heterocycles. The van der Waals surface area contributed by atoms with Crippen molar-refractivity contribution in [3.8, 4) is 5.75 Å². The van der Waals surface area contributed by atoms with Crippen molar-refractivity contribution in [1.29, 1.82) is 0 Å². The number of hydrogen-bond donors (Lipinski definition) is 1. The molecule has 0 spiro atoms. The minimum atomic E-state index is 0.446. The van der Waals surface area contributed by atoms with Crippen LogP contribution in [0.5, 0.6) is 5.75 Å². The molecule has 1 aromatic carbocycles. The van der Waals surface area contributed by atoms with Crippen LogP contribution in [0.4, 0.5) is 0 Å². The number of phenols is 1. The van der Waals surface area contributed by atoms with Crippen molar-refractivity contribution in [3.05, 3.63) is 29.3 Å². The van der Waals surface area contributed by atoms with Crippen LogP contribution < -0.4 is 0 Å². The number of phenolic OH excluding ortho intramolecular Hbond substituents is 1. The Labute approximate surface area is 111 Å². The highest BCUT2D eigenvalue weighted by Gasteiger charge is 2.22. The normalized spacial score (nSPS) is 21.1. The molecular formula is C16H25NO. The molecule has 1 aliphatic rings. The molecule has 1 fully saturated rings. The van der Waals surface area contributed by atoms with Crippen molar-refractivity contribution in [2.45, 2.75) is 58.5 Å². The van der Waals surface area contributed by atoms with Gasteiger partial charge in [0.15, 0.2) is 0 Å². The van der Waals surface area contributed by atoms with Gasteiger partial charge in [0.1, 0.15) is 5.75 Å². The fourth-order valence-corrected chi connectivity index (χ4v) is 2.99. The number of nitrogens with zero attached hydrogens (tertiary/aromatic N) is 1. The van der Waals surface area contributed by atoms with Gasteiger partial charge in [-0.2, -0.15) is 0 Å². The van der Waals surface area contributed by atoms with E-state index >= 15 is 0 Å². The molecule has 0 aliphatic carbocycles. The number of hydrogen-bond acceptors (Lipinski definition) is 2. The van der Waals surface area contributed by atoms with Crippen LogP contribution in [0.3, 0.4) is 0 Å². The molecule has 0 aromatic heterocycles. The van der Waals surface area contributed by atoms with Gasteiger partial charge < -0.3 is 5.11 Å². The second-order valence-electron chi connectivity index (χ2n) is 5.54. The van der Waals surface area contributed by atoms with E-state index in [9.17, 15) is 5.11 Å². The average molecular weight is 247 g/mol. The van der Waals surface area contributed by atoms with Crippen molar-refractivity contribution in [1.82, 2.24) is 4.90 Å². The lowest BCUT2D eigenvalue weighted by Crippen LogP contribution is -2.38. The summed E-state index contributed by atoms with van der Waals surface area (Å²) in [4.78, 5) is 2.56. The average Bonchev–Trinajstić information content (AvgIpc) is 2.36. The van der Waals surface area contributed by atoms with E-state index in [1.807, 2.05) is 12.1 Å². The summed E-state index contributed by atoms with van der Waals surface area (Å²) >= 11 is 0. The van der Waals surface area contributed by atoms with Gasteiger partial charge in [-0.1, -0.05) is 37.5 Å². The molecular weight excluding hydrogens is 222 g/mol. The van der Waals surface area contributed by atoms with Gasteiger partial charge in [-0.05, 0) is 38.8 Å². The molecule has 1 heterocycles.